The molecule has 1 aromatic carbocycles. The number of hydrogen-bond donors (Lipinski definition) is 1. The lowest BCUT2D eigenvalue weighted by atomic mass is 10.1. The van der Waals surface area contributed by atoms with Gasteiger partial charge in [-0.15, -0.1) is 11.3 Å². The largest absolute Gasteiger partial charge is 0.298 e. The van der Waals surface area contributed by atoms with Crippen molar-refractivity contribution >= 4 is 22.4 Å². The zero-order valence-electron chi connectivity index (χ0n) is 12.0. The first-order valence-electron chi connectivity index (χ1n) is 6.67. The highest BCUT2D eigenvalue weighted by Crippen LogP contribution is 2.30. The van der Waals surface area contributed by atoms with Gasteiger partial charge in [0.15, 0.2) is 5.13 Å². The Morgan fingerprint density at radius 2 is 1.83 bits per heavy atom. The van der Waals surface area contributed by atoms with Gasteiger partial charge in [-0.25, -0.2) is 13.8 Å². The number of benzene rings is 1. The molecule has 1 N–H and O–H groups in total. The van der Waals surface area contributed by atoms with Gasteiger partial charge in [0.25, 0.3) is 5.91 Å². The van der Waals surface area contributed by atoms with Crippen molar-refractivity contribution in [1.82, 2.24) is 9.97 Å². The van der Waals surface area contributed by atoms with E-state index in [1.165, 1.54) is 29.9 Å². The fourth-order valence-electron chi connectivity index (χ4n) is 2.06. The van der Waals surface area contributed by atoms with E-state index in [0.717, 1.165) is 11.3 Å². The second-order valence-corrected chi connectivity index (χ2v) is 5.69. The van der Waals surface area contributed by atoms with Crippen LogP contribution < -0.4 is 5.32 Å². The average Bonchev–Trinajstić information content (AvgIpc) is 2.95. The molecule has 0 atom stereocenters. The van der Waals surface area contributed by atoms with Crippen LogP contribution in [0.15, 0.2) is 42.0 Å². The number of hydrogen-bond acceptors (Lipinski definition) is 4. The van der Waals surface area contributed by atoms with Crippen LogP contribution in [0.3, 0.4) is 0 Å². The molecule has 4 nitrogen and oxygen atoms in total. The van der Waals surface area contributed by atoms with Crippen molar-refractivity contribution in [1.29, 1.82) is 0 Å². The van der Waals surface area contributed by atoms with E-state index in [0.29, 0.717) is 11.1 Å². The first-order chi connectivity index (χ1) is 11.0. The van der Waals surface area contributed by atoms with Gasteiger partial charge in [-0.1, -0.05) is 0 Å². The minimum Gasteiger partial charge on any atom is -0.298 e. The lowest BCUT2D eigenvalue weighted by Crippen LogP contribution is -2.11. The van der Waals surface area contributed by atoms with E-state index in [9.17, 15) is 13.6 Å². The lowest BCUT2D eigenvalue weighted by molar-refractivity contribution is 0.102. The highest BCUT2D eigenvalue weighted by atomic mass is 32.1. The van der Waals surface area contributed by atoms with Crippen LogP contribution in [0, 0.1) is 18.6 Å². The Balaban J connectivity index is 1.86. The molecule has 3 rings (SSSR count). The summed E-state index contributed by atoms with van der Waals surface area (Å²) in [5, 5.41) is 4.36. The minimum atomic E-state index is -0.681. The molecule has 0 spiro atoms. The lowest BCUT2D eigenvalue weighted by Gasteiger charge is -2.03. The van der Waals surface area contributed by atoms with Gasteiger partial charge >= 0.3 is 0 Å². The van der Waals surface area contributed by atoms with Gasteiger partial charge in [-0.3, -0.25) is 15.1 Å². The van der Waals surface area contributed by atoms with Crippen molar-refractivity contribution in [2.24, 2.45) is 0 Å². The van der Waals surface area contributed by atoms with Crippen molar-refractivity contribution < 1.29 is 13.6 Å². The molecule has 0 saturated carbocycles. The normalized spacial score (nSPS) is 10.6. The number of carbonyl (C=O) groups is 1. The molecule has 116 valence electrons. The highest BCUT2D eigenvalue weighted by molar-refractivity contribution is 7.14. The van der Waals surface area contributed by atoms with Gasteiger partial charge in [0.1, 0.15) is 11.6 Å². The van der Waals surface area contributed by atoms with Crippen molar-refractivity contribution in [3.8, 4) is 11.3 Å². The summed E-state index contributed by atoms with van der Waals surface area (Å²) in [6.45, 7) is 1.61. The smallest absolute Gasteiger partial charge is 0.257 e. The van der Waals surface area contributed by atoms with E-state index >= 15 is 0 Å². The maximum atomic E-state index is 14.0. The predicted octanol–water partition coefficient (Wildman–Crippen LogP) is 4.04. The number of aryl methyl sites for hydroxylation is 1. The number of aromatic nitrogens is 2. The maximum absolute atomic E-state index is 14.0. The molecule has 0 aliphatic rings. The molecule has 0 radical (unpaired) electrons. The van der Waals surface area contributed by atoms with Crippen LogP contribution >= 0.6 is 11.3 Å². The molecule has 0 aliphatic carbocycles. The monoisotopic (exact) mass is 331 g/mol. The fourth-order valence-corrected chi connectivity index (χ4v) is 2.76. The Labute approximate surface area is 134 Å². The Bertz CT molecular complexity index is 842. The molecule has 0 fully saturated rings. The third kappa shape index (κ3) is 3.24. The van der Waals surface area contributed by atoms with Gasteiger partial charge in [-0.2, -0.15) is 0 Å². The molecule has 2 aromatic heterocycles. The number of rotatable bonds is 3. The van der Waals surface area contributed by atoms with Gasteiger partial charge < -0.3 is 0 Å². The Morgan fingerprint density at radius 1 is 1.17 bits per heavy atom. The molecular formula is C16H11F2N3OS. The number of carbonyl (C=O) groups excluding carboxylic acids is 1. The fraction of sp³-hybridized carbons (Fsp3) is 0.0625. The number of amides is 1. The van der Waals surface area contributed by atoms with Crippen LogP contribution in [0.4, 0.5) is 13.9 Å². The van der Waals surface area contributed by atoms with E-state index in [4.69, 9.17) is 0 Å². The van der Waals surface area contributed by atoms with Gasteiger partial charge in [0.05, 0.1) is 11.3 Å². The van der Waals surface area contributed by atoms with Crippen LogP contribution in [-0.2, 0) is 0 Å². The number of halogens is 2. The summed E-state index contributed by atoms with van der Waals surface area (Å²) in [4.78, 5) is 19.9. The van der Waals surface area contributed by atoms with Gasteiger partial charge in [0.2, 0.25) is 0 Å². The Hall–Kier alpha value is -2.67. The first kappa shape index (κ1) is 15.2. The molecule has 7 heteroatoms. The second kappa shape index (κ2) is 6.21. The van der Waals surface area contributed by atoms with Crippen LogP contribution in [-0.4, -0.2) is 15.9 Å². The van der Waals surface area contributed by atoms with E-state index in [-0.39, 0.29) is 22.3 Å². The van der Waals surface area contributed by atoms with Crippen LogP contribution in [0.2, 0.25) is 0 Å². The topological polar surface area (TPSA) is 54.9 Å². The summed E-state index contributed by atoms with van der Waals surface area (Å²) in [7, 11) is 0. The zero-order valence-corrected chi connectivity index (χ0v) is 12.8. The molecule has 23 heavy (non-hydrogen) atoms. The number of pyridine rings is 1. The summed E-state index contributed by atoms with van der Waals surface area (Å²) >= 11 is 1.10. The van der Waals surface area contributed by atoms with E-state index < -0.39 is 11.6 Å². The number of nitrogens with one attached hydrogen (secondary N) is 1. The number of thiazole rings is 1. The molecule has 0 aliphatic heterocycles. The van der Waals surface area contributed by atoms with E-state index in [1.807, 2.05) is 0 Å². The first-order valence-corrected chi connectivity index (χ1v) is 7.55. The molecule has 0 saturated heterocycles. The van der Waals surface area contributed by atoms with Crippen molar-refractivity contribution in [3.05, 3.63) is 64.8 Å². The molecule has 2 heterocycles. The SMILES string of the molecule is Cc1cc(F)c(-c2csc(NC(=O)c3ccncc3)n2)c(F)c1. The summed E-state index contributed by atoms with van der Waals surface area (Å²) in [5.74, 6) is -1.72. The van der Waals surface area contributed by atoms with E-state index in [1.54, 1.807) is 19.1 Å². The second-order valence-electron chi connectivity index (χ2n) is 4.83. The summed E-state index contributed by atoms with van der Waals surface area (Å²) in [5.41, 5.74) is 0.862. The summed E-state index contributed by atoms with van der Waals surface area (Å²) < 4.78 is 27.9. The summed E-state index contributed by atoms with van der Waals surface area (Å²) in [6, 6.07) is 5.60. The van der Waals surface area contributed by atoms with Crippen LogP contribution in [0.1, 0.15) is 15.9 Å². The van der Waals surface area contributed by atoms with Crippen LogP contribution in [0.5, 0.6) is 0 Å². The average molecular weight is 331 g/mol. The molecular weight excluding hydrogens is 320 g/mol. The Morgan fingerprint density at radius 3 is 2.48 bits per heavy atom. The molecule has 0 bridgehead atoms. The quantitative estimate of drug-likeness (QED) is 0.788. The third-order valence-corrected chi connectivity index (χ3v) is 3.87. The molecule has 0 unspecified atom stereocenters. The van der Waals surface area contributed by atoms with Gasteiger partial charge in [-0.05, 0) is 36.8 Å². The van der Waals surface area contributed by atoms with Crippen molar-refractivity contribution in [2.45, 2.75) is 6.92 Å². The minimum absolute atomic E-state index is 0.148. The highest BCUT2D eigenvalue weighted by Gasteiger charge is 2.16. The predicted molar refractivity (Wildman–Crippen MR) is 84.4 cm³/mol. The van der Waals surface area contributed by atoms with E-state index in [2.05, 4.69) is 15.3 Å². The number of anilines is 1. The maximum Gasteiger partial charge on any atom is 0.257 e. The van der Waals surface area contributed by atoms with Gasteiger partial charge in [0, 0.05) is 23.3 Å². The summed E-state index contributed by atoms with van der Waals surface area (Å²) in [6.07, 6.45) is 3.00. The van der Waals surface area contributed by atoms with Crippen molar-refractivity contribution in [3.63, 3.8) is 0 Å². The molecule has 1 amide bonds. The van der Waals surface area contributed by atoms with Crippen molar-refractivity contribution in [2.75, 3.05) is 5.32 Å². The van der Waals surface area contributed by atoms with Crippen LogP contribution in [0.25, 0.3) is 11.3 Å². The third-order valence-electron chi connectivity index (χ3n) is 3.11. The Kier molecular flexibility index (Phi) is 4.12. The molecule has 3 aromatic rings. The zero-order chi connectivity index (χ0) is 16.4. The number of nitrogens with zero attached hydrogens (tertiary/aromatic N) is 2. The standard InChI is InChI=1S/C16H11F2N3OS/c1-9-6-11(17)14(12(18)7-9)13-8-23-16(20-13)21-15(22)10-2-4-19-5-3-10/h2-8H,1H3,(H,20,21,22).